The molecule has 3 aromatic rings. The van der Waals surface area contributed by atoms with E-state index in [2.05, 4.69) is 34.6 Å². The highest BCUT2D eigenvalue weighted by molar-refractivity contribution is 7.99. The van der Waals surface area contributed by atoms with Gasteiger partial charge >= 0.3 is 0 Å². The summed E-state index contributed by atoms with van der Waals surface area (Å²) >= 11 is 1.40. The summed E-state index contributed by atoms with van der Waals surface area (Å²) in [7, 11) is 0. The van der Waals surface area contributed by atoms with Gasteiger partial charge in [-0.25, -0.2) is 0 Å². The maximum absolute atomic E-state index is 12.0. The summed E-state index contributed by atoms with van der Waals surface area (Å²) in [5.41, 5.74) is 3.14. The number of carbonyl (C=O) groups is 1. The van der Waals surface area contributed by atoms with Gasteiger partial charge in [-0.2, -0.15) is 0 Å². The molecule has 2 aromatic carbocycles. The van der Waals surface area contributed by atoms with E-state index in [4.69, 9.17) is 0 Å². The second-order valence-corrected chi connectivity index (χ2v) is 6.93. The Morgan fingerprint density at radius 3 is 2.65 bits per heavy atom. The van der Waals surface area contributed by atoms with E-state index in [1.54, 1.807) is 0 Å². The number of aromatic nitrogens is 3. The van der Waals surface area contributed by atoms with Crippen LogP contribution in [0.5, 0.6) is 0 Å². The van der Waals surface area contributed by atoms with Gasteiger partial charge in [0.2, 0.25) is 5.91 Å². The molecule has 1 amide bonds. The zero-order valence-corrected chi connectivity index (χ0v) is 15.8. The SMILES string of the molecule is CCCNC(=O)CSc1nnc(-c2ccccc2)n1-c1cccc(C)c1. The van der Waals surface area contributed by atoms with Gasteiger partial charge in [-0.3, -0.25) is 9.36 Å². The lowest BCUT2D eigenvalue weighted by atomic mass is 10.2. The summed E-state index contributed by atoms with van der Waals surface area (Å²) in [4.78, 5) is 12.0. The van der Waals surface area contributed by atoms with E-state index in [0.717, 1.165) is 29.1 Å². The van der Waals surface area contributed by atoms with Crippen LogP contribution < -0.4 is 5.32 Å². The van der Waals surface area contributed by atoms with Crippen LogP contribution in [0.15, 0.2) is 59.8 Å². The predicted molar refractivity (Wildman–Crippen MR) is 106 cm³/mol. The number of amides is 1. The van der Waals surface area contributed by atoms with Crippen LogP contribution in [0.4, 0.5) is 0 Å². The smallest absolute Gasteiger partial charge is 0.230 e. The third kappa shape index (κ3) is 4.32. The lowest BCUT2D eigenvalue weighted by molar-refractivity contribution is -0.118. The highest BCUT2D eigenvalue weighted by atomic mass is 32.2. The third-order valence-electron chi connectivity index (χ3n) is 3.83. The van der Waals surface area contributed by atoms with E-state index < -0.39 is 0 Å². The van der Waals surface area contributed by atoms with Gasteiger partial charge in [0.05, 0.1) is 5.75 Å². The van der Waals surface area contributed by atoms with Crippen LogP contribution in [-0.2, 0) is 4.79 Å². The number of rotatable bonds is 7. The van der Waals surface area contributed by atoms with Gasteiger partial charge in [-0.1, -0.05) is 61.2 Å². The van der Waals surface area contributed by atoms with E-state index >= 15 is 0 Å². The molecule has 6 heteroatoms. The average molecular weight is 366 g/mol. The first-order chi connectivity index (χ1) is 12.7. The maximum atomic E-state index is 12.0. The van der Waals surface area contributed by atoms with Crippen molar-refractivity contribution in [2.45, 2.75) is 25.4 Å². The third-order valence-corrected chi connectivity index (χ3v) is 4.76. The zero-order valence-electron chi connectivity index (χ0n) is 15.0. The first-order valence-corrected chi connectivity index (χ1v) is 9.65. The Hall–Kier alpha value is -2.60. The molecule has 0 fully saturated rings. The summed E-state index contributed by atoms with van der Waals surface area (Å²) in [5, 5.41) is 12.3. The Morgan fingerprint density at radius 2 is 1.92 bits per heavy atom. The number of hydrogen-bond acceptors (Lipinski definition) is 4. The van der Waals surface area contributed by atoms with Crippen molar-refractivity contribution in [3.8, 4) is 17.1 Å². The molecule has 0 spiro atoms. The van der Waals surface area contributed by atoms with Crippen LogP contribution in [0, 0.1) is 6.92 Å². The molecule has 134 valence electrons. The Balaban J connectivity index is 1.95. The molecule has 0 aliphatic carbocycles. The van der Waals surface area contributed by atoms with Crippen molar-refractivity contribution >= 4 is 17.7 Å². The number of nitrogens with one attached hydrogen (secondary N) is 1. The lowest BCUT2D eigenvalue weighted by Gasteiger charge is -2.11. The van der Waals surface area contributed by atoms with Gasteiger partial charge < -0.3 is 5.32 Å². The molecule has 0 aliphatic rings. The fourth-order valence-electron chi connectivity index (χ4n) is 2.58. The van der Waals surface area contributed by atoms with Gasteiger partial charge in [0.1, 0.15) is 0 Å². The normalized spacial score (nSPS) is 10.7. The van der Waals surface area contributed by atoms with Gasteiger partial charge in [0, 0.05) is 17.8 Å². The van der Waals surface area contributed by atoms with E-state index in [9.17, 15) is 4.79 Å². The Labute approximate surface area is 157 Å². The number of carbonyl (C=O) groups excluding carboxylic acids is 1. The molecular weight excluding hydrogens is 344 g/mol. The summed E-state index contributed by atoms with van der Waals surface area (Å²) in [6.07, 6.45) is 0.925. The molecule has 0 radical (unpaired) electrons. The predicted octanol–water partition coefficient (Wildman–Crippen LogP) is 3.86. The van der Waals surface area contributed by atoms with Gasteiger partial charge in [0.15, 0.2) is 11.0 Å². The Kier molecular flexibility index (Phi) is 6.07. The molecule has 0 atom stereocenters. The molecule has 3 rings (SSSR count). The molecule has 1 N–H and O–H groups in total. The van der Waals surface area contributed by atoms with Crippen molar-refractivity contribution in [3.63, 3.8) is 0 Å². The van der Waals surface area contributed by atoms with Gasteiger partial charge in [0.25, 0.3) is 0 Å². The first-order valence-electron chi connectivity index (χ1n) is 8.66. The Bertz CT molecular complexity index is 877. The summed E-state index contributed by atoms with van der Waals surface area (Å²) in [5.74, 6) is 1.10. The highest BCUT2D eigenvalue weighted by Gasteiger charge is 2.17. The quantitative estimate of drug-likeness (QED) is 0.645. The zero-order chi connectivity index (χ0) is 18.4. The van der Waals surface area contributed by atoms with Crippen molar-refractivity contribution in [1.29, 1.82) is 0 Å². The van der Waals surface area contributed by atoms with Crippen LogP contribution in [0.2, 0.25) is 0 Å². The fraction of sp³-hybridized carbons (Fsp3) is 0.250. The molecule has 0 bridgehead atoms. The molecule has 26 heavy (non-hydrogen) atoms. The standard InChI is InChI=1S/C20H22N4OS/c1-3-12-21-18(25)14-26-20-23-22-19(16-9-5-4-6-10-16)24(20)17-11-7-8-15(2)13-17/h4-11,13H,3,12,14H2,1-2H3,(H,21,25). The number of aryl methyl sites for hydroxylation is 1. The molecule has 1 heterocycles. The summed E-state index contributed by atoms with van der Waals surface area (Å²) in [6, 6.07) is 18.2. The molecule has 0 unspecified atom stereocenters. The fourth-order valence-corrected chi connectivity index (χ4v) is 3.36. The summed E-state index contributed by atoms with van der Waals surface area (Å²) < 4.78 is 2.01. The van der Waals surface area contributed by atoms with Crippen LogP contribution in [0.3, 0.4) is 0 Å². The highest BCUT2D eigenvalue weighted by Crippen LogP contribution is 2.28. The maximum Gasteiger partial charge on any atom is 0.230 e. The van der Waals surface area contributed by atoms with Crippen molar-refractivity contribution in [2.24, 2.45) is 0 Å². The van der Waals surface area contributed by atoms with E-state index in [-0.39, 0.29) is 5.91 Å². The van der Waals surface area contributed by atoms with Crippen LogP contribution in [0.25, 0.3) is 17.1 Å². The minimum Gasteiger partial charge on any atom is -0.355 e. The monoisotopic (exact) mass is 366 g/mol. The minimum atomic E-state index is 0.0110. The van der Waals surface area contributed by atoms with Crippen molar-refractivity contribution in [3.05, 3.63) is 60.2 Å². The van der Waals surface area contributed by atoms with Crippen LogP contribution in [-0.4, -0.2) is 33.0 Å². The van der Waals surface area contributed by atoms with Crippen molar-refractivity contribution in [2.75, 3.05) is 12.3 Å². The molecule has 1 aromatic heterocycles. The number of thioether (sulfide) groups is 1. The first kappa shape index (κ1) is 18.2. The second-order valence-electron chi connectivity index (χ2n) is 5.99. The molecular formula is C20H22N4OS. The topological polar surface area (TPSA) is 59.8 Å². The van der Waals surface area contributed by atoms with E-state index in [1.165, 1.54) is 11.8 Å². The van der Waals surface area contributed by atoms with E-state index in [0.29, 0.717) is 17.5 Å². The Morgan fingerprint density at radius 1 is 1.12 bits per heavy atom. The largest absolute Gasteiger partial charge is 0.355 e. The molecule has 0 aliphatic heterocycles. The number of benzene rings is 2. The summed E-state index contributed by atoms with van der Waals surface area (Å²) in [6.45, 7) is 4.79. The van der Waals surface area contributed by atoms with Crippen LogP contribution >= 0.6 is 11.8 Å². The molecule has 5 nitrogen and oxygen atoms in total. The number of nitrogens with zero attached hydrogens (tertiary/aromatic N) is 3. The van der Waals surface area contributed by atoms with Crippen molar-refractivity contribution in [1.82, 2.24) is 20.1 Å². The average Bonchev–Trinajstić information content (AvgIpc) is 3.09. The van der Waals surface area contributed by atoms with Crippen molar-refractivity contribution < 1.29 is 4.79 Å². The lowest BCUT2D eigenvalue weighted by Crippen LogP contribution is -2.25. The van der Waals surface area contributed by atoms with Gasteiger partial charge in [-0.05, 0) is 31.0 Å². The van der Waals surface area contributed by atoms with Gasteiger partial charge in [-0.15, -0.1) is 10.2 Å². The molecule has 0 saturated carbocycles. The number of hydrogen-bond donors (Lipinski definition) is 1. The van der Waals surface area contributed by atoms with Crippen LogP contribution in [0.1, 0.15) is 18.9 Å². The second kappa shape index (κ2) is 8.67. The van der Waals surface area contributed by atoms with E-state index in [1.807, 2.05) is 54.0 Å². The minimum absolute atomic E-state index is 0.0110. The molecule has 0 saturated heterocycles.